The molecule has 1 unspecified atom stereocenters. The highest BCUT2D eigenvalue weighted by atomic mass is 35.5. The molecule has 0 bridgehead atoms. The van der Waals surface area contributed by atoms with Gasteiger partial charge in [-0.15, -0.1) is 0 Å². The topological polar surface area (TPSA) is 20.2 Å². The monoisotopic (exact) mass is 230 g/mol. The number of halogens is 1. The van der Waals surface area contributed by atoms with E-state index in [1.807, 2.05) is 36.0 Å². The van der Waals surface area contributed by atoms with Crippen LogP contribution < -0.4 is 0 Å². The minimum Gasteiger partial charge on any atom is -0.388 e. The SMILES string of the molecule is CCSCCC(O)c1ccc(Cl)cc1. The predicted octanol–water partition coefficient (Wildman–Crippen LogP) is 3.52. The average molecular weight is 231 g/mol. The normalized spacial score (nSPS) is 12.8. The second kappa shape index (κ2) is 6.33. The van der Waals surface area contributed by atoms with Crippen LogP contribution in [0, 0.1) is 0 Å². The van der Waals surface area contributed by atoms with Crippen molar-refractivity contribution in [2.75, 3.05) is 11.5 Å². The summed E-state index contributed by atoms with van der Waals surface area (Å²) in [5.41, 5.74) is 0.950. The summed E-state index contributed by atoms with van der Waals surface area (Å²) >= 11 is 7.61. The van der Waals surface area contributed by atoms with Gasteiger partial charge in [0.2, 0.25) is 0 Å². The van der Waals surface area contributed by atoms with Crippen molar-refractivity contribution in [1.29, 1.82) is 0 Å². The molecule has 0 spiro atoms. The van der Waals surface area contributed by atoms with E-state index in [2.05, 4.69) is 6.92 Å². The van der Waals surface area contributed by atoms with Crippen molar-refractivity contribution >= 4 is 23.4 Å². The molecule has 0 saturated heterocycles. The third-order valence-corrected chi connectivity index (χ3v) is 3.18. The molecule has 0 aromatic heterocycles. The number of aliphatic hydroxyl groups is 1. The molecule has 1 atom stereocenters. The molecule has 0 saturated carbocycles. The van der Waals surface area contributed by atoms with Crippen LogP contribution in [0.15, 0.2) is 24.3 Å². The average Bonchev–Trinajstić information content (AvgIpc) is 2.19. The lowest BCUT2D eigenvalue weighted by molar-refractivity contribution is 0.175. The van der Waals surface area contributed by atoms with E-state index in [4.69, 9.17) is 11.6 Å². The molecule has 0 amide bonds. The van der Waals surface area contributed by atoms with E-state index in [0.717, 1.165) is 23.5 Å². The Morgan fingerprint density at radius 3 is 2.57 bits per heavy atom. The fourth-order valence-corrected chi connectivity index (χ4v) is 2.00. The highest BCUT2D eigenvalue weighted by molar-refractivity contribution is 7.99. The molecule has 1 aromatic rings. The van der Waals surface area contributed by atoms with Gasteiger partial charge in [0.05, 0.1) is 6.10 Å². The first-order valence-electron chi connectivity index (χ1n) is 4.75. The Morgan fingerprint density at radius 2 is 2.00 bits per heavy atom. The zero-order valence-electron chi connectivity index (χ0n) is 8.24. The Bertz CT molecular complexity index is 260. The van der Waals surface area contributed by atoms with Gasteiger partial charge in [-0.3, -0.25) is 0 Å². The van der Waals surface area contributed by atoms with Gasteiger partial charge in [-0.1, -0.05) is 30.7 Å². The Hall–Kier alpha value is -0.180. The van der Waals surface area contributed by atoms with E-state index in [9.17, 15) is 5.11 Å². The lowest BCUT2D eigenvalue weighted by atomic mass is 10.1. The van der Waals surface area contributed by atoms with Gasteiger partial charge in [-0.05, 0) is 35.6 Å². The maximum atomic E-state index is 9.78. The molecule has 3 heteroatoms. The van der Waals surface area contributed by atoms with Crippen molar-refractivity contribution in [3.63, 3.8) is 0 Å². The largest absolute Gasteiger partial charge is 0.388 e. The highest BCUT2D eigenvalue weighted by Crippen LogP contribution is 2.20. The quantitative estimate of drug-likeness (QED) is 0.782. The van der Waals surface area contributed by atoms with Crippen LogP contribution in [0.2, 0.25) is 5.02 Å². The van der Waals surface area contributed by atoms with Crippen LogP contribution in [0.5, 0.6) is 0 Å². The molecule has 0 radical (unpaired) electrons. The first kappa shape index (κ1) is 11.9. The van der Waals surface area contributed by atoms with Crippen LogP contribution in [-0.2, 0) is 0 Å². The zero-order valence-corrected chi connectivity index (χ0v) is 9.81. The summed E-state index contributed by atoms with van der Waals surface area (Å²) in [6.45, 7) is 2.12. The standard InChI is InChI=1S/C11H15ClOS/c1-2-14-8-7-11(13)9-3-5-10(12)6-4-9/h3-6,11,13H,2,7-8H2,1H3. The molecule has 0 aliphatic carbocycles. The minimum atomic E-state index is -0.355. The predicted molar refractivity (Wildman–Crippen MR) is 64.0 cm³/mol. The summed E-state index contributed by atoms with van der Waals surface area (Å²) < 4.78 is 0. The van der Waals surface area contributed by atoms with Crippen LogP contribution in [0.25, 0.3) is 0 Å². The van der Waals surface area contributed by atoms with Gasteiger partial charge < -0.3 is 5.11 Å². The first-order valence-corrected chi connectivity index (χ1v) is 6.28. The van der Waals surface area contributed by atoms with Crippen molar-refractivity contribution in [3.05, 3.63) is 34.9 Å². The number of thioether (sulfide) groups is 1. The molecular formula is C11H15ClOS. The van der Waals surface area contributed by atoms with Crippen LogP contribution in [0.3, 0.4) is 0 Å². The Kier molecular flexibility index (Phi) is 5.38. The second-order valence-electron chi connectivity index (χ2n) is 3.05. The van der Waals surface area contributed by atoms with Crippen LogP contribution >= 0.6 is 23.4 Å². The van der Waals surface area contributed by atoms with Crippen molar-refractivity contribution < 1.29 is 5.11 Å². The van der Waals surface area contributed by atoms with Gasteiger partial charge in [0.25, 0.3) is 0 Å². The molecule has 0 aliphatic rings. The Morgan fingerprint density at radius 1 is 1.36 bits per heavy atom. The maximum absolute atomic E-state index is 9.78. The molecule has 14 heavy (non-hydrogen) atoms. The zero-order chi connectivity index (χ0) is 10.4. The van der Waals surface area contributed by atoms with Gasteiger partial charge in [-0.25, -0.2) is 0 Å². The molecule has 0 heterocycles. The summed E-state index contributed by atoms with van der Waals surface area (Å²) in [7, 11) is 0. The lowest BCUT2D eigenvalue weighted by Crippen LogP contribution is -1.98. The summed E-state index contributed by atoms with van der Waals surface area (Å²) in [4.78, 5) is 0. The fraction of sp³-hybridized carbons (Fsp3) is 0.455. The molecule has 1 N–H and O–H groups in total. The maximum Gasteiger partial charge on any atom is 0.0797 e. The molecule has 1 rings (SSSR count). The van der Waals surface area contributed by atoms with Gasteiger partial charge in [-0.2, -0.15) is 11.8 Å². The van der Waals surface area contributed by atoms with E-state index in [0.29, 0.717) is 5.02 Å². The van der Waals surface area contributed by atoms with Crippen molar-refractivity contribution in [3.8, 4) is 0 Å². The van der Waals surface area contributed by atoms with Crippen molar-refractivity contribution in [1.82, 2.24) is 0 Å². The molecule has 1 nitrogen and oxygen atoms in total. The van der Waals surface area contributed by atoms with Crippen molar-refractivity contribution in [2.24, 2.45) is 0 Å². The van der Waals surface area contributed by atoms with Crippen molar-refractivity contribution in [2.45, 2.75) is 19.4 Å². The third-order valence-electron chi connectivity index (χ3n) is 1.99. The lowest BCUT2D eigenvalue weighted by Gasteiger charge is -2.10. The van der Waals surface area contributed by atoms with Gasteiger partial charge >= 0.3 is 0 Å². The number of benzene rings is 1. The minimum absolute atomic E-state index is 0.355. The van der Waals surface area contributed by atoms with E-state index in [1.165, 1.54) is 0 Å². The smallest absolute Gasteiger partial charge is 0.0797 e. The number of hydrogen-bond acceptors (Lipinski definition) is 2. The van der Waals surface area contributed by atoms with E-state index < -0.39 is 0 Å². The highest BCUT2D eigenvalue weighted by Gasteiger charge is 2.06. The van der Waals surface area contributed by atoms with E-state index in [1.54, 1.807) is 0 Å². The molecule has 0 aliphatic heterocycles. The Labute approximate surface area is 94.5 Å². The van der Waals surface area contributed by atoms with Crippen LogP contribution in [-0.4, -0.2) is 16.6 Å². The number of aliphatic hydroxyl groups excluding tert-OH is 1. The fourth-order valence-electron chi connectivity index (χ4n) is 1.19. The summed E-state index contributed by atoms with van der Waals surface area (Å²) in [6, 6.07) is 7.38. The molecular weight excluding hydrogens is 216 g/mol. The van der Waals surface area contributed by atoms with Gasteiger partial charge in [0.1, 0.15) is 0 Å². The second-order valence-corrected chi connectivity index (χ2v) is 4.88. The van der Waals surface area contributed by atoms with Gasteiger partial charge in [0, 0.05) is 5.02 Å². The molecule has 1 aromatic carbocycles. The van der Waals surface area contributed by atoms with Crippen LogP contribution in [0.1, 0.15) is 25.0 Å². The summed E-state index contributed by atoms with van der Waals surface area (Å²) in [5.74, 6) is 2.10. The summed E-state index contributed by atoms with van der Waals surface area (Å²) in [6.07, 6.45) is 0.450. The van der Waals surface area contributed by atoms with E-state index >= 15 is 0 Å². The number of hydrogen-bond donors (Lipinski definition) is 1. The molecule has 78 valence electrons. The summed E-state index contributed by atoms with van der Waals surface area (Å²) in [5, 5.41) is 10.5. The molecule has 0 fully saturated rings. The van der Waals surface area contributed by atoms with E-state index in [-0.39, 0.29) is 6.10 Å². The van der Waals surface area contributed by atoms with Crippen LogP contribution in [0.4, 0.5) is 0 Å². The first-order chi connectivity index (χ1) is 6.74. The number of rotatable bonds is 5. The van der Waals surface area contributed by atoms with Gasteiger partial charge in [0.15, 0.2) is 0 Å². The Balaban J connectivity index is 2.43. The third kappa shape index (κ3) is 3.91.